The molecule has 1 aromatic heterocycles. The van der Waals surface area contributed by atoms with Gasteiger partial charge in [0.1, 0.15) is 0 Å². The van der Waals surface area contributed by atoms with Gasteiger partial charge in [0.25, 0.3) is 0 Å². The number of rotatable bonds is 6. The number of anilines is 1. The number of thiazole rings is 1. The quantitative estimate of drug-likeness (QED) is 0.874. The highest BCUT2D eigenvalue weighted by Gasteiger charge is 2.26. The zero-order valence-corrected chi connectivity index (χ0v) is 14.8. The minimum Gasteiger partial charge on any atom is -0.372 e. The van der Waals surface area contributed by atoms with E-state index in [2.05, 4.69) is 44.8 Å². The molecule has 0 radical (unpaired) electrons. The third-order valence-corrected chi connectivity index (χ3v) is 5.15. The van der Waals surface area contributed by atoms with Gasteiger partial charge < -0.3 is 15.0 Å². The Morgan fingerprint density at radius 3 is 2.57 bits per heavy atom. The molecule has 0 aliphatic carbocycles. The van der Waals surface area contributed by atoms with Gasteiger partial charge in [-0.15, -0.1) is 11.3 Å². The summed E-state index contributed by atoms with van der Waals surface area (Å²) in [6.45, 7) is 14.8. The van der Waals surface area contributed by atoms with E-state index in [1.54, 1.807) is 0 Å². The lowest BCUT2D eigenvalue weighted by Gasteiger charge is -2.35. The van der Waals surface area contributed by atoms with Crippen molar-refractivity contribution in [3.8, 4) is 0 Å². The van der Waals surface area contributed by atoms with Crippen LogP contribution < -0.4 is 10.2 Å². The molecule has 1 N–H and O–H groups in total. The minimum absolute atomic E-state index is 0.280. The lowest BCUT2D eigenvalue weighted by atomic mass is 10.0. The predicted octanol–water partition coefficient (Wildman–Crippen LogP) is 3.38. The zero-order valence-electron chi connectivity index (χ0n) is 14.0. The molecule has 2 rings (SSSR count). The van der Waals surface area contributed by atoms with E-state index < -0.39 is 0 Å². The summed E-state index contributed by atoms with van der Waals surface area (Å²) >= 11 is 1.85. The lowest BCUT2D eigenvalue weighted by Crippen LogP contribution is -2.45. The van der Waals surface area contributed by atoms with Gasteiger partial charge in [-0.1, -0.05) is 20.8 Å². The summed E-state index contributed by atoms with van der Waals surface area (Å²) < 4.78 is 5.83. The van der Waals surface area contributed by atoms with E-state index in [1.807, 2.05) is 11.3 Å². The molecular formula is C16H29N3OS. The van der Waals surface area contributed by atoms with Crippen LogP contribution in [0.15, 0.2) is 0 Å². The first-order valence-corrected chi connectivity index (χ1v) is 8.97. The second-order valence-electron chi connectivity index (χ2n) is 6.06. The molecule has 2 heterocycles. The second kappa shape index (κ2) is 7.56. The standard InChI is InChI=1S/C16H29N3OS/c1-6-11(3)15-14(8-17-7-2)21-16(18-15)19-9-12(4)20-13(5)10-19/h11-13,17H,6-10H2,1-5H3. The third-order valence-electron chi connectivity index (χ3n) is 4.02. The van der Waals surface area contributed by atoms with Crippen molar-refractivity contribution >= 4 is 16.5 Å². The van der Waals surface area contributed by atoms with Crippen molar-refractivity contribution in [3.63, 3.8) is 0 Å². The molecule has 0 spiro atoms. The number of morpholine rings is 1. The molecule has 5 heteroatoms. The Morgan fingerprint density at radius 2 is 2.00 bits per heavy atom. The maximum absolute atomic E-state index is 5.83. The van der Waals surface area contributed by atoms with E-state index in [-0.39, 0.29) is 12.2 Å². The molecule has 1 saturated heterocycles. The van der Waals surface area contributed by atoms with Crippen LogP contribution in [0.3, 0.4) is 0 Å². The number of ether oxygens (including phenoxy) is 1. The van der Waals surface area contributed by atoms with Gasteiger partial charge in [0.15, 0.2) is 5.13 Å². The number of aromatic nitrogens is 1. The molecule has 120 valence electrons. The van der Waals surface area contributed by atoms with Crippen molar-refractivity contribution in [2.24, 2.45) is 0 Å². The minimum atomic E-state index is 0.280. The summed E-state index contributed by atoms with van der Waals surface area (Å²) in [5.74, 6) is 0.527. The van der Waals surface area contributed by atoms with Crippen LogP contribution in [0.25, 0.3) is 0 Å². The normalized spacial score (nSPS) is 24.3. The Kier molecular flexibility index (Phi) is 6.02. The van der Waals surface area contributed by atoms with Crippen molar-refractivity contribution < 1.29 is 4.74 Å². The van der Waals surface area contributed by atoms with E-state index in [1.165, 1.54) is 15.7 Å². The van der Waals surface area contributed by atoms with E-state index in [0.29, 0.717) is 5.92 Å². The molecule has 21 heavy (non-hydrogen) atoms. The Labute approximate surface area is 132 Å². The van der Waals surface area contributed by atoms with Crippen LogP contribution in [0.1, 0.15) is 57.5 Å². The Balaban J connectivity index is 2.21. The summed E-state index contributed by atoms with van der Waals surface area (Å²) in [4.78, 5) is 8.77. The zero-order chi connectivity index (χ0) is 15.4. The topological polar surface area (TPSA) is 37.4 Å². The van der Waals surface area contributed by atoms with E-state index in [9.17, 15) is 0 Å². The van der Waals surface area contributed by atoms with Crippen LogP contribution >= 0.6 is 11.3 Å². The van der Waals surface area contributed by atoms with Crippen LogP contribution in [0, 0.1) is 0 Å². The second-order valence-corrected chi connectivity index (χ2v) is 7.12. The smallest absolute Gasteiger partial charge is 0.186 e. The van der Waals surface area contributed by atoms with Gasteiger partial charge in [-0.05, 0) is 32.7 Å². The SMILES string of the molecule is CCNCc1sc(N2CC(C)OC(C)C2)nc1C(C)CC. The third kappa shape index (κ3) is 4.18. The molecule has 0 aromatic carbocycles. The predicted molar refractivity (Wildman–Crippen MR) is 90.4 cm³/mol. The van der Waals surface area contributed by atoms with Gasteiger partial charge in [-0.3, -0.25) is 0 Å². The van der Waals surface area contributed by atoms with Gasteiger partial charge in [0, 0.05) is 24.5 Å². The Bertz CT molecular complexity index is 439. The molecule has 1 aliphatic heterocycles. The first-order chi connectivity index (χ1) is 10.0. The summed E-state index contributed by atoms with van der Waals surface area (Å²) in [6.07, 6.45) is 1.70. The van der Waals surface area contributed by atoms with Crippen molar-refractivity contribution in [2.75, 3.05) is 24.5 Å². The molecule has 1 aromatic rings. The molecule has 1 aliphatic rings. The molecule has 0 saturated carbocycles. The van der Waals surface area contributed by atoms with Crippen molar-refractivity contribution in [2.45, 2.75) is 65.7 Å². The first-order valence-electron chi connectivity index (χ1n) is 8.15. The Hall–Kier alpha value is -0.650. The van der Waals surface area contributed by atoms with Crippen molar-refractivity contribution in [1.82, 2.24) is 10.3 Å². The van der Waals surface area contributed by atoms with Crippen LogP contribution in [-0.4, -0.2) is 36.8 Å². The van der Waals surface area contributed by atoms with Crippen LogP contribution in [0.2, 0.25) is 0 Å². The first kappa shape index (κ1) is 16.7. The number of nitrogens with zero attached hydrogens (tertiary/aromatic N) is 2. The van der Waals surface area contributed by atoms with E-state index in [4.69, 9.17) is 9.72 Å². The molecule has 3 atom stereocenters. The van der Waals surface area contributed by atoms with E-state index in [0.717, 1.165) is 32.6 Å². The van der Waals surface area contributed by atoms with Crippen LogP contribution in [0.5, 0.6) is 0 Å². The number of hydrogen-bond donors (Lipinski definition) is 1. The fourth-order valence-electron chi connectivity index (χ4n) is 2.76. The van der Waals surface area contributed by atoms with Crippen LogP contribution in [0.4, 0.5) is 5.13 Å². The number of nitrogens with one attached hydrogen (secondary N) is 1. The van der Waals surface area contributed by atoms with Gasteiger partial charge in [-0.25, -0.2) is 4.98 Å². The molecule has 0 amide bonds. The molecular weight excluding hydrogens is 282 g/mol. The highest BCUT2D eigenvalue weighted by Crippen LogP contribution is 2.33. The maximum Gasteiger partial charge on any atom is 0.186 e. The fraction of sp³-hybridized carbons (Fsp3) is 0.812. The fourth-order valence-corrected chi connectivity index (χ4v) is 3.93. The highest BCUT2D eigenvalue weighted by molar-refractivity contribution is 7.15. The Morgan fingerprint density at radius 1 is 1.33 bits per heavy atom. The molecule has 1 fully saturated rings. The summed E-state index contributed by atoms with van der Waals surface area (Å²) in [5.41, 5.74) is 1.28. The van der Waals surface area contributed by atoms with Crippen molar-refractivity contribution in [3.05, 3.63) is 10.6 Å². The molecule has 0 bridgehead atoms. The van der Waals surface area contributed by atoms with E-state index >= 15 is 0 Å². The number of hydrogen-bond acceptors (Lipinski definition) is 5. The van der Waals surface area contributed by atoms with Crippen LogP contribution in [-0.2, 0) is 11.3 Å². The lowest BCUT2D eigenvalue weighted by molar-refractivity contribution is -0.00523. The largest absolute Gasteiger partial charge is 0.372 e. The average Bonchev–Trinajstić information content (AvgIpc) is 2.87. The molecule has 4 nitrogen and oxygen atoms in total. The van der Waals surface area contributed by atoms with Gasteiger partial charge in [-0.2, -0.15) is 0 Å². The maximum atomic E-state index is 5.83. The van der Waals surface area contributed by atoms with Gasteiger partial charge >= 0.3 is 0 Å². The highest BCUT2D eigenvalue weighted by atomic mass is 32.1. The molecule has 3 unspecified atom stereocenters. The van der Waals surface area contributed by atoms with Gasteiger partial charge in [0.05, 0.1) is 17.9 Å². The van der Waals surface area contributed by atoms with Crippen molar-refractivity contribution in [1.29, 1.82) is 0 Å². The average molecular weight is 311 g/mol. The summed E-state index contributed by atoms with van der Waals surface area (Å²) in [5, 5.41) is 4.61. The monoisotopic (exact) mass is 311 g/mol. The summed E-state index contributed by atoms with van der Waals surface area (Å²) in [7, 11) is 0. The summed E-state index contributed by atoms with van der Waals surface area (Å²) in [6, 6.07) is 0. The van der Waals surface area contributed by atoms with Gasteiger partial charge in [0.2, 0.25) is 0 Å².